The number of hydrogen-bond donors (Lipinski definition) is 2. The van der Waals surface area contributed by atoms with Gasteiger partial charge < -0.3 is 10.6 Å². The molecule has 0 bridgehead atoms. The molecular formula is C12H14FN3. The smallest absolute Gasteiger partial charge is 0.146 e. The molecule has 1 heterocycles. The summed E-state index contributed by atoms with van der Waals surface area (Å²) in [5.74, 6) is -0.310. The number of halogens is 1. The Morgan fingerprint density at radius 2 is 2.00 bits per heavy atom. The Bertz CT molecular complexity index is 405. The predicted octanol–water partition coefficient (Wildman–Crippen LogP) is 1.88. The lowest BCUT2D eigenvalue weighted by atomic mass is 9.89. The summed E-state index contributed by atoms with van der Waals surface area (Å²) in [7, 11) is 0. The van der Waals surface area contributed by atoms with Crippen LogP contribution in [0.15, 0.2) is 24.3 Å². The number of piperidine rings is 1. The lowest BCUT2D eigenvalue weighted by Gasteiger charge is -2.33. The molecule has 0 saturated carbocycles. The third-order valence-corrected chi connectivity index (χ3v) is 2.92. The number of para-hydroxylation sites is 1. The van der Waals surface area contributed by atoms with Gasteiger partial charge in [-0.15, -0.1) is 0 Å². The van der Waals surface area contributed by atoms with E-state index < -0.39 is 5.54 Å². The topological polar surface area (TPSA) is 47.9 Å². The van der Waals surface area contributed by atoms with E-state index in [0.717, 1.165) is 13.1 Å². The zero-order valence-corrected chi connectivity index (χ0v) is 8.96. The van der Waals surface area contributed by atoms with Crippen LogP contribution in [0.2, 0.25) is 0 Å². The molecular weight excluding hydrogens is 205 g/mol. The quantitative estimate of drug-likeness (QED) is 0.798. The second-order valence-electron chi connectivity index (χ2n) is 4.05. The molecule has 1 aliphatic rings. The highest BCUT2D eigenvalue weighted by molar-refractivity contribution is 5.49. The normalized spacial score (nSPS) is 18.8. The van der Waals surface area contributed by atoms with Crippen LogP contribution in [0.25, 0.3) is 0 Å². The van der Waals surface area contributed by atoms with E-state index in [2.05, 4.69) is 16.7 Å². The van der Waals surface area contributed by atoms with Gasteiger partial charge in [-0.25, -0.2) is 4.39 Å². The van der Waals surface area contributed by atoms with Crippen molar-refractivity contribution >= 4 is 5.69 Å². The molecule has 4 heteroatoms. The number of nitrogens with zero attached hydrogens (tertiary/aromatic N) is 1. The lowest BCUT2D eigenvalue weighted by molar-refractivity contribution is 0.407. The molecule has 0 spiro atoms. The molecule has 84 valence electrons. The summed E-state index contributed by atoms with van der Waals surface area (Å²) in [6.45, 7) is 1.57. The van der Waals surface area contributed by atoms with Crippen LogP contribution in [-0.2, 0) is 0 Å². The zero-order valence-electron chi connectivity index (χ0n) is 8.96. The summed E-state index contributed by atoms with van der Waals surface area (Å²) in [4.78, 5) is 0. The van der Waals surface area contributed by atoms with Crippen LogP contribution in [-0.4, -0.2) is 18.6 Å². The van der Waals surface area contributed by atoms with Gasteiger partial charge >= 0.3 is 0 Å². The van der Waals surface area contributed by atoms with Crippen LogP contribution in [0.1, 0.15) is 12.8 Å². The standard InChI is InChI=1S/C12H14FN3/c13-10-3-1-2-4-11(10)16-12(9-14)5-7-15-8-6-12/h1-4,15-16H,5-8H2. The first-order valence-corrected chi connectivity index (χ1v) is 5.40. The maximum Gasteiger partial charge on any atom is 0.146 e. The first-order chi connectivity index (χ1) is 7.76. The highest BCUT2D eigenvalue weighted by Gasteiger charge is 2.32. The minimum absolute atomic E-state index is 0.310. The SMILES string of the molecule is N#CC1(Nc2ccccc2F)CCNCC1. The summed E-state index contributed by atoms with van der Waals surface area (Å²) in [5.41, 5.74) is -0.223. The van der Waals surface area contributed by atoms with Crippen molar-refractivity contribution < 1.29 is 4.39 Å². The van der Waals surface area contributed by atoms with E-state index >= 15 is 0 Å². The Hall–Kier alpha value is -1.60. The fraction of sp³-hybridized carbons (Fsp3) is 0.417. The van der Waals surface area contributed by atoms with E-state index in [0.29, 0.717) is 18.5 Å². The molecule has 0 aliphatic carbocycles. The molecule has 0 amide bonds. The molecule has 0 atom stereocenters. The van der Waals surface area contributed by atoms with Crippen molar-refractivity contribution in [3.8, 4) is 6.07 Å². The molecule has 1 aromatic rings. The lowest BCUT2D eigenvalue weighted by Crippen LogP contribution is -2.46. The van der Waals surface area contributed by atoms with Gasteiger partial charge in [0.25, 0.3) is 0 Å². The molecule has 2 rings (SSSR count). The van der Waals surface area contributed by atoms with E-state index in [-0.39, 0.29) is 5.82 Å². The summed E-state index contributed by atoms with van der Waals surface area (Å²) < 4.78 is 13.5. The van der Waals surface area contributed by atoms with Gasteiger partial charge in [0.15, 0.2) is 0 Å². The van der Waals surface area contributed by atoms with E-state index in [4.69, 9.17) is 0 Å². The summed E-state index contributed by atoms with van der Waals surface area (Å²) >= 11 is 0. The van der Waals surface area contributed by atoms with Crippen molar-refractivity contribution in [2.24, 2.45) is 0 Å². The average Bonchev–Trinajstić information content (AvgIpc) is 2.33. The van der Waals surface area contributed by atoms with Gasteiger partial charge in [-0.05, 0) is 38.1 Å². The Kier molecular flexibility index (Phi) is 3.07. The first kappa shape index (κ1) is 10.9. The van der Waals surface area contributed by atoms with Crippen LogP contribution in [0.3, 0.4) is 0 Å². The minimum atomic E-state index is -0.632. The number of rotatable bonds is 2. The fourth-order valence-corrected chi connectivity index (χ4v) is 1.94. The van der Waals surface area contributed by atoms with E-state index in [1.54, 1.807) is 18.2 Å². The Morgan fingerprint density at radius 3 is 2.62 bits per heavy atom. The molecule has 0 aromatic heterocycles. The van der Waals surface area contributed by atoms with Crippen LogP contribution in [0, 0.1) is 17.1 Å². The van der Waals surface area contributed by atoms with Crippen molar-refractivity contribution in [3.63, 3.8) is 0 Å². The maximum absolute atomic E-state index is 13.5. The zero-order chi connectivity index (χ0) is 11.4. The van der Waals surface area contributed by atoms with Crippen molar-refractivity contribution in [1.29, 1.82) is 5.26 Å². The fourth-order valence-electron chi connectivity index (χ4n) is 1.94. The number of benzene rings is 1. The second-order valence-corrected chi connectivity index (χ2v) is 4.05. The summed E-state index contributed by atoms with van der Waals surface area (Å²) in [6.07, 6.45) is 1.38. The number of hydrogen-bond acceptors (Lipinski definition) is 3. The van der Waals surface area contributed by atoms with Crippen molar-refractivity contribution in [1.82, 2.24) is 5.32 Å². The number of anilines is 1. The number of nitrogens with one attached hydrogen (secondary N) is 2. The molecule has 1 saturated heterocycles. The van der Waals surface area contributed by atoms with E-state index in [9.17, 15) is 9.65 Å². The number of nitriles is 1. The van der Waals surface area contributed by atoms with Gasteiger partial charge in [0.2, 0.25) is 0 Å². The van der Waals surface area contributed by atoms with E-state index in [1.165, 1.54) is 6.07 Å². The van der Waals surface area contributed by atoms with Gasteiger partial charge in [0, 0.05) is 0 Å². The molecule has 0 unspecified atom stereocenters. The van der Waals surface area contributed by atoms with Crippen LogP contribution in [0.5, 0.6) is 0 Å². The molecule has 2 N–H and O–H groups in total. The summed E-state index contributed by atoms with van der Waals surface area (Å²) in [6, 6.07) is 8.74. The van der Waals surface area contributed by atoms with Gasteiger partial charge in [-0.2, -0.15) is 5.26 Å². The Balaban J connectivity index is 2.19. The molecule has 16 heavy (non-hydrogen) atoms. The van der Waals surface area contributed by atoms with Gasteiger partial charge in [0.1, 0.15) is 11.4 Å². The van der Waals surface area contributed by atoms with E-state index in [1.807, 2.05) is 0 Å². The molecule has 3 nitrogen and oxygen atoms in total. The molecule has 0 radical (unpaired) electrons. The monoisotopic (exact) mass is 219 g/mol. The van der Waals surface area contributed by atoms with Crippen LogP contribution < -0.4 is 10.6 Å². The van der Waals surface area contributed by atoms with Gasteiger partial charge in [0.05, 0.1) is 11.8 Å². The second kappa shape index (κ2) is 4.50. The predicted molar refractivity (Wildman–Crippen MR) is 60.5 cm³/mol. The Morgan fingerprint density at radius 1 is 1.31 bits per heavy atom. The minimum Gasteiger partial charge on any atom is -0.365 e. The molecule has 1 aromatic carbocycles. The van der Waals surface area contributed by atoms with Crippen LogP contribution >= 0.6 is 0 Å². The van der Waals surface area contributed by atoms with Crippen LogP contribution in [0.4, 0.5) is 10.1 Å². The van der Waals surface area contributed by atoms with Gasteiger partial charge in [-0.3, -0.25) is 0 Å². The maximum atomic E-state index is 13.5. The molecule has 1 aliphatic heterocycles. The van der Waals surface area contributed by atoms with Gasteiger partial charge in [-0.1, -0.05) is 12.1 Å². The highest BCUT2D eigenvalue weighted by Crippen LogP contribution is 2.25. The third-order valence-electron chi connectivity index (χ3n) is 2.92. The van der Waals surface area contributed by atoms with Crippen molar-refractivity contribution in [2.45, 2.75) is 18.4 Å². The average molecular weight is 219 g/mol. The largest absolute Gasteiger partial charge is 0.365 e. The molecule has 1 fully saturated rings. The van der Waals surface area contributed by atoms with Crippen molar-refractivity contribution in [2.75, 3.05) is 18.4 Å². The highest BCUT2D eigenvalue weighted by atomic mass is 19.1. The summed E-state index contributed by atoms with van der Waals surface area (Å²) in [5, 5.41) is 15.5. The first-order valence-electron chi connectivity index (χ1n) is 5.40. The third kappa shape index (κ3) is 2.15. The van der Waals surface area contributed by atoms with Crippen molar-refractivity contribution in [3.05, 3.63) is 30.1 Å². The Labute approximate surface area is 94.3 Å².